The molecule has 3 aromatic rings. The first-order valence-corrected chi connectivity index (χ1v) is 9.22. The Hall–Kier alpha value is -3.59. The number of nitro groups is 1. The van der Waals surface area contributed by atoms with Crippen molar-refractivity contribution < 1.29 is 14.5 Å². The van der Waals surface area contributed by atoms with Gasteiger partial charge in [-0.15, -0.1) is 0 Å². The van der Waals surface area contributed by atoms with Crippen molar-refractivity contribution in [3.63, 3.8) is 0 Å². The van der Waals surface area contributed by atoms with Crippen molar-refractivity contribution in [3.05, 3.63) is 98.3 Å². The van der Waals surface area contributed by atoms with Crippen molar-refractivity contribution in [2.24, 2.45) is 5.10 Å². The fourth-order valence-corrected chi connectivity index (χ4v) is 2.81. The third-order valence-corrected chi connectivity index (χ3v) is 4.38. The molecule has 0 aliphatic rings. The number of hydrogen-bond donors (Lipinski definition) is 1. The molecule has 1 N–H and O–H groups in total. The molecule has 0 fully saturated rings. The van der Waals surface area contributed by atoms with E-state index in [2.05, 4.69) is 31.4 Å². The number of carbonyl (C=O) groups excluding carboxylic acids is 1. The molecule has 1 aromatic heterocycles. The summed E-state index contributed by atoms with van der Waals surface area (Å²) in [5, 5.41) is 14.5. The van der Waals surface area contributed by atoms with Gasteiger partial charge < -0.3 is 4.74 Å². The van der Waals surface area contributed by atoms with E-state index in [4.69, 9.17) is 4.74 Å². The van der Waals surface area contributed by atoms with Crippen molar-refractivity contribution in [2.45, 2.75) is 6.61 Å². The van der Waals surface area contributed by atoms with E-state index in [0.29, 0.717) is 12.4 Å². The van der Waals surface area contributed by atoms with Gasteiger partial charge in [0.05, 0.1) is 15.6 Å². The van der Waals surface area contributed by atoms with Crippen LogP contribution in [0.2, 0.25) is 0 Å². The Labute approximate surface area is 174 Å². The molecule has 0 aliphatic carbocycles. The topological polar surface area (TPSA) is 107 Å². The number of aromatic nitrogens is 1. The second-order valence-electron chi connectivity index (χ2n) is 5.82. The first kappa shape index (κ1) is 20.2. The summed E-state index contributed by atoms with van der Waals surface area (Å²) in [7, 11) is 0. The van der Waals surface area contributed by atoms with E-state index in [1.165, 1.54) is 18.3 Å². The zero-order valence-corrected chi connectivity index (χ0v) is 16.6. The third kappa shape index (κ3) is 5.69. The molecule has 2 aromatic carbocycles. The Morgan fingerprint density at radius 2 is 2.00 bits per heavy atom. The van der Waals surface area contributed by atoms with Gasteiger partial charge in [0, 0.05) is 6.07 Å². The molecular weight excluding hydrogens is 440 g/mol. The Balaban J connectivity index is 1.57. The van der Waals surface area contributed by atoms with Crippen LogP contribution in [0.15, 0.2) is 76.4 Å². The lowest BCUT2D eigenvalue weighted by molar-refractivity contribution is -0.385. The van der Waals surface area contributed by atoms with Crippen LogP contribution in [0.5, 0.6) is 5.75 Å². The molecule has 8 nitrogen and oxygen atoms in total. The molecule has 0 saturated carbocycles. The van der Waals surface area contributed by atoms with E-state index >= 15 is 0 Å². The zero-order chi connectivity index (χ0) is 20.6. The molecule has 1 heterocycles. The standard InChI is InChI=1S/C20H15BrN4O4/c21-17-10-15(6-9-19(17)29-13-14-4-2-1-3-5-14)11-23-24-20(26)18-8-7-16(12-22-18)25(27)28/h1-12H,13H2,(H,24,26)/b23-11-. The molecule has 0 aliphatic heterocycles. The molecule has 0 bridgehead atoms. The molecule has 0 radical (unpaired) electrons. The average Bonchev–Trinajstić information content (AvgIpc) is 2.74. The number of nitrogens with zero attached hydrogens (tertiary/aromatic N) is 3. The second-order valence-corrected chi connectivity index (χ2v) is 6.68. The van der Waals surface area contributed by atoms with Gasteiger partial charge in [-0.2, -0.15) is 5.10 Å². The van der Waals surface area contributed by atoms with Gasteiger partial charge in [0.2, 0.25) is 0 Å². The lowest BCUT2D eigenvalue weighted by Gasteiger charge is -2.08. The summed E-state index contributed by atoms with van der Waals surface area (Å²) in [6.07, 6.45) is 2.49. The lowest BCUT2D eigenvalue weighted by atomic mass is 10.2. The normalized spacial score (nSPS) is 10.7. The van der Waals surface area contributed by atoms with Gasteiger partial charge in [-0.05, 0) is 51.3 Å². The highest BCUT2D eigenvalue weighted by molar-refractivity contribution is 9.10. The Morgan fingerprint density at radius 1 is 1.21 bits per heavy atom. The predicted molar refractivity (Wildman–Crippen MR) is 111 cm³/mol. The number of halogens is 1. The summed E-state index contributed by atoms with van der Waals surface area (Å²) in [5.74, 6) is 0.114. The molecule has 146 valence electrons. The van der Waals surface area contributed by atoms with Gasteiger partial charge >= 0.3 is 0 Å². The first-order valence-electron chi connectivity index (χ1n) is 8.43. The minimum absolute atomic E-state index is 0.0265. The van der Waals surface area contributed by atoms with E-state index in [0.717, 1.165) is 21.8 Å². The summed E-state index contributed by atoms with van der Waals surface area (Å²) < 4.78 is 6.54. The number of nitrogens with one attached hydrogen (secondary N) is 1. The third-order valence-electron chi connectivity index (χ3n) is 3.76. The van der Waals surface area contributed by atoms with Gasteiger partial charge in [-0.1, -0.05) is 30.3 Å². The highest BCUT2D eigenvalue weighted by Gasteiger charge is 2.10. The Bertz CT molecular complexity index is 1040. The molecule has 0 unspecified atom stereocenters. The van der Waals surface area contributed by atoms with Crippen LogP contribution < -0.4 is 10.2 Å². The summed E-state index contributed by atoms with van der Waals surface area (Å²) in [6, 6.07) is 17.7. The molecule has 0 spiro atoms. The molecular formula is C20H15BrN4O4. The fraction of sp³-hybridized carbons (Fsp3) is 0.0500. The summed E-state index contributed by atoms with van der Waals surface area (Å²) in [5.41, 5.74) is 3.96. The number of benzene rings is 2. The largest absolute Gasteiger partial charge is 0.488 e. The molecule has 29 heavy (non-hydrogen) atoms. The number of hydrogen-bond acceptors (Lipinski definition) is 6. The van der Waals surface area contributed by atoms with Gasteiger partial charge in [0.15, 0.2) is 0 Å². The summed E-state index contributed by atoms with van der Waals surface area (Å²) >= 11 is 3.46. The van der Waals surface area contributed by atoms with Gasteiger partial charge in [0.25, 0.3) is 11.6 Å². The number of pyridine rings is 1. The van der Waals surface area contributed by atoms with Crippen LogP contribution in [0, 0.1) is 10.1 Å². The number of carbonyl (C=O) groups is 1. The maximum Gasteiger partial charge on any atom is 0.289 e. The Morgan fingerprint density at radius 3 is 2.66 bits per heavy atom. The Kier molecular flexibility index (Phi) is 6.64. The average molecular weight is 455 g/mol. The minimum atomic E-state index is -0.585. The van der Waals surface area contributed by atoms with Crippen LogP contribution in [0.4, 0.5) is 5.69 Å². The van der Waals surface area contributed by atoms with Crippen LogP contribution >= 0.6 is 15.9 Å². The monoisotopic (exact) mass is 454 g/mol. The minimum Gasteiger partial charge on any atom is -0.488 e. The molecule has 1 amide bonds. The number of rotatable bonds is 7. The van der Waals surface area contributed by atoms with Crippen LogP contribution in [-0.2, 0) is 6.61 Å². The molecule has 0 saturated heterocycles. The van der Waals surface area contributed by atoms with Crippen LogP contribution in [0.3, 0.4) is 0 Å². The number of ether oxygens (including phenoxy) is 1. The predicted octanol–water partition coefficient (Wildman–Crippen LogP) is 4.10. The number of hydrazone groups is 1. The van der Waals surface area contributed by atoms with Gasteiger partial charge in [-0.3, -0.25) is 14.9 Å². The SMILES string of the molecule is O=C(N/N=C\c1ccc(OCc2ccccc2)c(Br)c1)c1ccc([N+](=O)[O-])cn1. The maximum atomic E-state index is 12.0. The second kappa shape index (κ2) is 9.56. The fourth-order valence-electron chi connectivity index (χ4n) is 2.30. The van der Waals surface area contributed by atoms with Crippen LogP contribution in [-0.4, -0.2) is 22.0 Å². The van der Waals surface area contributed by atoms with Crippen molar-refractivity contribution >= 4 is 33.7 Å². The highest BCUT2D eigenvalue weighted by atomic mass is 79.9. The highest BCUT2D eigenvalue weighted by Crippen LogP contribution is 2.26. The van der Waals surface area contributed by atoms with Crippen LogP contribution in [0.1, 0.15) is 21.6 Å². The van der Waals surface area contributed by atoms with E-state index < -0.39 is 10.8 Å². The lowest BCUT2D eigenvalue weighted by Crippen LogP contribution is -2.18. The van der Waals surface area contributed by atoms with Crippen molar-refractivity contribution in [3.8, 4) is 5.75 Å². The number of amides is 1. The molecule has 9 heteroatoms. The summed E-state index contributed by atoms with van der Waals surface area (Å²) in [6.45, 7) is 0.450. The van der Waals surface area contributed by atoms with Crippen LogP contribution in [0.25, 0.3) is 0 Å². The smallest absolute Gasteiger partial charge is 0.289 e. The van der Waals surface area contributed by atoms with E-state index in [9.17, 15) is 14.9 Å². The van der Waals surface area contributed by atoms with E-state index in [-0.39, 0.29) is 11.4 Å². The van der Waals surface area contributed by atoms with E-state index in [1.807, 2.05) is 30.3 Å². The molecule has 0 atom stereocenters. The first-order chi connectivity index (χ1) is 14.0. The van der Waals surface area contributed by atoms with Crippen molar-refractivity contribution in [2.75, 3.05) is 0 Å². The zero-order valence-electron chi connectivity index (χ0n) is 15.0. The van der Waals surface area contributed by atoms with Gasteiger partial charge in [0.1, 0.15) is 24.2 Å². The van der Waals surface area contributed by atoms with Crippen molar-refractivity contribution in [1.82, 2.24) is 10.4 Å². The van der Waals surface area contributed by atoms with E-state index in [1.54, 1.807) is 18.2 Å². The van der Waals surface area contributed by atoms with Crippen molar-refractivity contribution in [1.29, 1.82) is 0 Å². The quantitative estimate of drug-likeness (QED) is 0.328. The maximum absolute atomic E-state index is 12.0. The molecule has 3 rings (SSSR count). The summed E-state index contributed by atoms with van der Waals surface area (Å²) in [4.78, 5) is 25.7. The van der Waals surface area contributed by atoms with Gasteiger partial charge in [-0.25, -0.2) is 10.4 Å².